The number of ether oxygens (including phenoxy) is 1. The lowest BCUT2D eigenvalue weighted by atomic mass is 10.2. The van der Waals surface area contributed by atoms with Crippen molar-refractivity contribution in [1.82, 2.24) is 9.97 Å². The van der Waals surface area contributed by atoms with Crippen molar-refractivity contribution in [1.29, 1.82) is 0 Å². The van der Waals surface area contributed by atoms with Gasteiger partial charge in [0.15, 0.2) is 11.6 Å². The first kappa shape index (κ1) is 14.5. The summed E-state index contributed by atoms with van der Waals surface area (Å²) in [6, 6.07) is 0.424. The van der Waals surface area contributed by atoms with Crippen LogP contribution in [0.3, 0.4) is 0 Å². The highest BCUT2D eigenvalue weighted by molar-refractivity contribution is 5.64. The summed E-state index contributed by atoms with van der Waals surface area (Å²) in [5.74, 6) is 2.30. The number of hydrogen-bond acceptors (Lipinski definition) is 5. The van der Waals surface area contributed by atoms with Crippen LogP contribution in [-0.2, 0) is 0 Å². The predicted octanol–water partition coefficient (Wildman–Crippen LogP) is 2.54. The Morgan fingerprint density at radius 3 is 2.67 bits per heavy atom. The Labute approximate surface area is 110 Å². The maximum atomic E-state index is 5.45. The average molecular weight is 252 g/mol. The summed E-state index contributed by atoms with van der Waals surface area (Å²) >= 11 is 0. The molecule has 0 saturated carbocycles. The maximum Gasteiger partial charge on any atom is 0.204 e. The van der Waals surface area contributed by atoms with E-state index in [1.54, 1.807) is 13.4 Å². The molecule has 18 heavy (non-hydrogen) atoms. The van der Waals surface area contributed by atoms with Gasteiger partial charge >= 0.3 is 0 Å². The molecule has 0 bridgehead atoms. The number of aromatic nitrogens is 2. The van der Waals surface area contributed by atoms with E-state index in [1.165, 1.54) is 0 Å². The topological polar surface area (TPSA) is 50.3 Å². The monoisotopic (exact) mass is 252 g/mol. The van der Waals surface area contributed by atoms with Gasteiger partial charge in [-0.05, 0) is 20.3 Å². The van der Waals surface area contributed by atoms with Gasteiger partial charge in [-0.25, -0.2) is 9.97 Å². The average Bonchev–Trinajstić information content (AvgIpc) is 2.38. The van der Waals surface area contributed by atoms with Crippen molar-refractivity contribution in [3.63, 3.8) is 0 Å². The van der Waals surface area contributed by atoms with Gasteiger partial charge in [-0.1, -0.05) is 13.3 Å². The number of anilines is 2. The molecule has 1 aromatic rings. The molecule has 0 fully saturated rings. The van der Waals surface area contributed by atoms with E-state index in [0.717, 1.165) is 31.0 Å². The number of nitrogens with one attached hydrogen (secondary N) is 1. The Bertz CT molecular complexity index is 370. The predicted molar refractivity (Wildman–Crippen MR) is 75.5 cm³/mol. The molecule has 0 amide bonds. The van der Waals surface area contributed by atoms with Gasteiger partial charge in [0, 0.05) is 19.6 Å². The quantitative estimate of drug-likeness (QED) is 0.808. The number of methoxy groups -OCH3 is 1. The summed E-state index contributed by atoms with van der Waals surface area (Å²) in [7, 11) is 3.70. The zero-order valence-corrected chi connectivity index (χ0v) is 12.0. The van der Waals surface area contributed by atoms with E-state index in [4.69, 9.17) is 4.74 Å². The molecule has 1 heterocycles. The lowest BCUT2D eigenvalue weighted by Crippen LogP contribution is -2.30. The molecule has 0 radical (unpaired) electrons. The van der Waals surface area contributed by atoms with Gasteiger partial charge in [-0.2, -0.15) is 0 Å². The van der Waals surface area contributed by atoms with Gasteiger partial charge < -0.3 is 15.0 Å². The molecule has 1 atom stereocenters. The van der Waals surface area contributed by atoms with Crippen molar-refractivity contribution >= 4 is 11.6 Å². The van der Waals surface area contributed by atoms with E-state index in [-0.39, 0.29) is 0 Å². The fraction of sp³-hybridized carbons (Fsp3) is 0.692. The van der Waals surface area contributed by atoms with Crippen LogP contribution in [0.5, 0.6) is 5.75 Å². The van der Waals surface area contributed by atoms with E-state index in [0.29, 0.717) is 11.8 Å². The maximum absolute atomic E-state index is 5.45. The summed E-state index contributed by atoms with van der Waals surface area (Å²) in [6.07, 6.45) is 3.85. The summed E-state index contributed by atoms with van der Waals surface area (Å²) < 4.78 is 5.45. The lowest BCUT2D eigenvalue weighted by molar-refractivity contribution is 0.411. The van der Waals surface area contributed by atoms with Gasteiger partial charge in [-0.3, -0.25) is 0 Å². The molecule has 0 aliphatic rings. The van der Waals surface area contributed by atoms with E-state index < -0.39 is 0 Å². The molecule has 0 aromatic carbocycles. The smallest absolute Gasteiger partial charge is 0.204 e. The molecular formula is C13H24N4O. The molecule has 0 saturated heterocycles. The lowest BCUT2D eigenvalue weighted by Gasteiger charge is -2.27. The summed E-state index contributed by atoms with van der Waals surface area (Å²) in [6.45, 7) is 7.22. The Kier molecular flexibility index (Phi) is 5.68. The van der Waals surface area contributed by atoms with Gasteiger partial charge in [0.25, 0.3) is 0 Å². The SMILES string of the molecule is CCCC(C)N(C)c1ncnc(NCC)c1OC. The zero-order valence-electron chi connectivity index (χ0n) is 12.0. The molecule has 5 nitrogen and oxygen atoms in total. The number of hydrogen-bond donors (Lipinski definition) is 1. The summed E-state index contributed by atoms with van der Waals surface area (Å²) in [5.41, 5.74) is 0. The first-order chi connectivity index (χ1) is 8.65. The second-order valence-corrected chi connectivity index (χ2v) is 4.36. The van der Waals surface area contributed by atoms with Gasteiger partial charge in [0.05, 0.1) is 7.11 Å². The highest BCUT2D eigenvalue weighted by atomic mass is 16.5. The Morgan fingerprint density at radius 2 is 2.11 bits per heavy atom. The van der Waals surface area contributed by atoms with Crippen LogP contribution in [0.2, 0.25) is 0 Å². The third-order valence-electron chi connectivity index (χ3n) is 3.04. The number of nitrogens with zero attached hydrogens (tertiary/aromatic N) is 3. The second-order valence-electron chi connectivity index (χ2n) is 4.36. The molecular weight excluding hydrogens is 228 g/mol. The van der Waals surface area contributed by atoms with Gasteiger partial charge in [0.2, 0.25) is 5.75 Å². The molecule has 102 valence electrons. The molecule has 5 heteroatoms. The van der Waals surface area contributed by atoms with Crippen molar-refractivity contribution in [3.8, 4) is 5.75 Å². The van der Waals surface area contributed by atoms with Gasteiger partial charge in [0.1, 0.15) is 6.33 Å². The molecule has 1 N–H and O–H groups in total. The molecule has 1 unspecified atom stereocenters. The highest BCUT2D eigenvalue weighted by Gasteiger charge is 2.18. The van der Waals surface area contributed by atoms with Gasteiger partial charge in [-0.15, -0.1) is 0 Å². The molecule has 0 aliphatic carbocycles. The first-order valence-electron chi connectivity index (χ1n) is 6.51. The first-order valence-corrected chi connectivity index (χ1v) is 6.51. The van der Waals surface area contributed by atoms with Crippen molar-refractivity contribution in [2.45, 2.75) is 39.7 Å². The Morgan fingerprint density at radius 1 is 1.39 bits per heavy atom. The van der Waals surface area contributed by atoms with Crippen LogP contribution in [0.25, 0.3) is 0 Å². The normalized spacial score (nSPS) is 12.1. The fourth-order valence-electron chi connectivity index (χ4n) is 1.92. The largest absolute Gasteiger partial charge is 0.490 e. The van der Waals surface area contributed by atoms with Crippen molar-refractivity contribution in [3.05, 3.63) is 6.33 Å². The molecule has 0 spiro atoms. The van der Waals surface area contributed by atoms with E-state index in [9.17, 15) is 0 Å². The third kappa shape index (κ3) is 3.24. The van der Waals surface area contributed by atoms with Crippen LogP contribution in [0, 0.1) is 0 Å². The Hall–Kier alpha value is -1.52. The molecule has 1 aromatic heterocycles. The number of rotatable bonds is 7. The van der Waals surface area contributed by atoms with Crippen LogP contribution in [-0.4, -0.2) is 36.7 Å². The summed E-state index contributed by atoms with van der Waals surface area (Å²) in [4.78, 5) is 10.7. The zero-order chi connectivity index (χ0) is 13.5. The molecule has 0 aliphatic heterocycles. The van der Waals surface area contributed by atoms with Crippen LogP contribution >= 0.6 is 0 Å². The van der Waals surface area contributed by atoms with Crippen LogP contribution < -0.4 is 15.0 Å². The van der Waals surface area contributed by atoms with E-state index in [2.05, 4.69) is 34.0 Å². The standard InChI is InChI=1S/C13H24N4O/c1-6-8-10(3)17(4)13-11(18-5)12(14-7-2)15-9-16-13/h9-10H,6-8H2,1-5H3,(H,14,15,16). The summed E-state index contributed by atoms with van der Waals surface area (Å²) in [5, 5.41) is 3.19. The van der Waals surface area contributed by atoms with Crippen LogP contribution in [0.1, 0.15) is 33.6 Å². The van der Waals surface area contributed by atoms with Crippen LogP contribution in [0.4, 0.5) is 11.6 Å². The van der Waals surface area contributed by atoms with Crippen molar-refractivity contribution in [2.75, 3.05) is 30.9 Å². The Balaban J connectivity index is 3.03. The minimum absolute atomic E-state index is 0.424. The highest BCUT2D eigenvalue weighted by Crippen LogP contribution is 2.32. The van der Waals surface area contributed by atoms with Crippen LogP contribution in [0.15, 0.2) is 6.33 Å². The van der Waals surface area contributed by atoms with E-state index >= 15 is 0 Å². The van der Waals surface area contributed by atoms with E-state index in [1.807, 2.05) is 14.0 Å². The van der Waals surface area contributed by atoms with Crippen molar-refractivity contribution in [2.24, 2.45) is 0 Å². The minimum atomic E-state index is 0.424. The second kappa shape index (κ2) is 7.03. The molecule has 1 rings (SSSR count). The third-order valence-corrected chi connectivity index (χ3v) is 3.04. The minimum Gasteiger partial charge on any atom is -0.490 e. The fourth-order valence-corrected chi connectivity index (χ4v) is 1.92. The van der Waals surface area contributed by atoms with Crippen molar-refractivity contribution < 1.29 is 4.74 Å².